The van der Waals surface area contributed by atoms with Crippen LogP contribution in [-0.2, 0) is 11.8 Å². The molecule has 0 aromatic carbocycles. The fourth-order valence-corrected chi connectivity index (χ4v) is 2.51. The minimum atomic E-state index is -0.819. The Morgan fingerprint density at radius 1 is 1.39 bits per heavy atom. The van der Waals surface area contributed by atoms with Gasteiger partial charge in [0.25, 0.3) is 5.91 Å². The van der Waals surface area contributed by atoms with Crippen LogP contribution < -0.4 is 5.32 Å². The molecule has 1 amide bonds. The average Bonchev–Trinajstić information content (AvgIpc) is 2.88. The topological polar surface area (TPSA) is 71.3 Å². The van der Waals surface area contributed by atoms with Gasteiger partial charge >= 0.3 is 5.97 Å². The van der Waals surface area contributed by atoms with Gasteiger partial charge in [-0.15, -0.1) is 0 Å². The van der Waals surface area contributed by atoms with Gasteiger partial charge in [0.05, 0.1) is 5.92 Å². The molecule has 2 atom stereocenters. The molecule has 1 aliphatic rings. The van der Waals surface area contributed by atoms with Crippen molar-refractivity contribution in [3.05, 3.63) is 23.5 Å². The summed E-state index contributed by atoms with van der Waals surface area (Å²) in [4.78, 5) is 23.1. The predicted molar refractivity (Wildman–Crippen MR) is 66.4 cm³/mol. The molecule has 1 heterocycles. The second kappa shape index (κ2) is 4.84. The van der Waals surface area contributed by atoms with E-state index in [2.05, 4.69) is 5.32 Å². The normalized spacial score (nSPS) is 23.0. The molecule has 2 unspecified atom stereocenters. The lowest BCUT2D eigenvalue weighted by Crippen LogP contribution is -2.40. The number of aryl methyl sites for hydroxylation is 1. The van der Waals surface area contributed by atoms with E-state index in [-0.39, 0.29) is 11.9 Å². The predicted octanol–water partition coefficient (Wildman–Crippen LogP) is 1.32. The lowest BCUT2D eigenvalue weighted by Gasteiger charge is -2.17. The van der Waals surface area contributed by atoms with Crippen molar-refractivity contribution >= 4 is 11.9 Å². The van der Waals surface area contributed by atoms with Crippen LogP contribution in [-0.4, -0.2) is 27.6 Å². The molecule has 0 aliphatic heterocycles. The molecule has 5 heteroatoms. The van der Waals surface area contributed by atoms with E-state index in [0.717, 1.165) is 18.5 Å². The molecule has 1 fully saturated rings. The van der Waals surface area contributed by atoms with E-state index in [1.807, 2.05) is 20.0 Å². The van der Waals surface area contributed by atoms with Gasteiger partial charge in [0.2, 0.25) is 0 Å². The van der Waals surface area contributed by atoms with Crippen molar-refractivity contribution in [3.8, 4) is 0 Å². The summed E-state index contributed by atoms with van der Waals surface area (Å²) in [5.74, 6) is -1.46. The molecule has 1 aromatic heterocycles. The number of carboxylic acid groups (broad SMARTS) is 1. The van der Waals surface area contributed by atoms with E-state index in [0.29, 0.717) is 12.1 Å². The number of carboxylic acids is 1. The minimum Gasteiger partial charge on any atom is -0.481 e. The van der Waals surface area contributed by atoms with Crippen LogP contribution in [0, 0.1) is 12.8 Å². The number of rotatable bonds is 3. The van der Waals surface area contributed by atoms with E-state index in [4.69, 9.17) is 5.11 Å². The minimum absolute atomic E-state index is 0.191. The third kappa shape index (κ3) is 2.25. The molecule has 0 spiro atoms. The van der Waals surface area contributed by atoms with Crippen LogP contribution in [0.25, 0.3) is 0 Å². The van der Waals surface area contributed by atoms with Gasteiger partial charge in [-0.1, -0.05) is 6.42 Å². The summed E-state index contributed by atoms with van der Waals surface area (Å²) < 4.78 is 1.81. The van der Waals surface area contributed by atoms with Crippen LogP contribution >= 0.6 is 0 Å². The number of hydrogen-bond acceptors (Lipinski definition) is 2. The molecule has 5 nitrogen and oxygen atoms in total. The summed E-state index contributed by atoms with van der Waals surface area (Å²) in [6.07, 6.45) is 2.24. The number of nitrogens with one attached hydrogen (secondary N) is 1. The summed E-state index contributed by atoms with van der Waals surface area (Å²) in [7, 11) is 1.83. The zero-order valence-electron chi connectivity index (χ0n) is 10.6. The fraction of sp³-hybridized carbons (Fsp3) is 0.538. The van der Waals surface area contributed by atoms with Gasteiger partial charge < -0.3 is 15.0 Å². The third-order valence-electron chi connectivity index (χ3n) is 3.76. The maximum atomic E-state index is 12.1. The highest BCUT2D eigenvalue weighted by Crippen LogP contribution is 2.26. The Balaban J connectivity index is 2.08. The van der Waals surface area contributed by atoms with E-state index in [1.54, 1.807) is 10.6 Å². The van der Waals surface area contributed by atoms with Crippen LogP contribution in [0.1, 0.15) is 35.4 Å². The van der Waals surface area contributed by atoms with Gasteiger partial charge in [-0.3, -0.25) is 9.59 Å². The first-order valence-electron chi connectivity index (χ1n) is 6.16. The number of hydrogen-bond donors (Lipinski definition) is 2. The van der Waals surface area contributed by atoms with Crippen molar-refractivity contribution in [2.45, 2.75) is 32.2 Å². The molecular weight excluding hydrogens is 232 g/mol. The van der Waals surface area contributed by atoms with Crippen molar-refractivity contribution in [2.24, 2.45) is 13.0 Å². The van der Waals surface area contributed by atoms with E-state index in [9.17, 15) is 9.59 Å². The largest absolute Gasteiger partial charge is 0.481 e. The number of carbonyl (C=O) groups excluding carboxylic acids is 1. The van der Waals surface area contributed by atoms with Gasteiger partial charge in [-0.2, -0.15) is 0 Å². The number of nitrogens with zero attached hydrogens (tertiary/aromatic N) is 1. The molecule has 0 bridgehead atoms. The summed E-state index contributed by atoms with van der Waals surface area (Å²) in [5.41, 5.74) is 1.57. The third-order valence-corrected chi connectivity index (χ3v) is 3.76. The Bertz CT molecular complexity index is 479. The lowest BCUT2D eigenvalue weighted by molar-refractivity contribution is -0.142. The zero-order valence-corrected chi connectivity index (χ0v) is 10.6. The maximum absolute atomic E-state index is 12.1. The summed E-state index contributed by atoms with van der Waals surface area (Å²) in [6, 6.07) is 3.39. The quantitative estimate of drug-likeness (QED) is 0.849. The van der Waals surface area contributed by atoms with E-state index >= 15 is 0 Å². The lowest BCUT2D eigenvalue weighted by atomic mass is 10.0. The molecule has 98 valence electrons. The number of aliphatic carboxylic acids is 1. The van der Waals surface area contributed by atoms with Crippen molar-refractivity contribution in [1.82, 2.24) is 9.88 Å². The standard InChI is InChI=1S/C13H18N2O3/c1-8-6-7-11(15(8)2)12(16)14-10-5-3-4-9(10)13(17)18/h6-7,9-10H,3-5H2,1-2H3,(H,14,16)(H,17,18). The molecule has 0 saturated heterocycles. The number of aromatic nitrogens is 1. The highest BCUT2D eigenvalue weighted by atomic mass is 16.4. The van der Waals surface area contributed by atoms with Crippen molar-refractivity contribution < 1.29 is 14.7 Å². The molecule has 2 rings (SSSR count). The van der Waals surface area contributed by atoms with Crippen LogP contribution in [0.4, 0.5) is 0 Å². The zero-order chi connectivity index (χ0) is 13.3. The van der Waals surface area contributed by atoms with Gasteiger partial charge in [-0.25, -0.2) is 0 Å². The van der Waals surface area contributed by atoms with Gasteiger partial charge in [0.1, 0.15) is 5.69 Å². The highest BCUT2D eigenvalue weighted by Gasteiger charge is 2.34. The Hall–Kier alpha value is -1.78. The Labute approximate surface area is 106 Å². The smallest absolute Gasteiger partial charge is 0.308 e. The fourth-order valence-electron chi connectivity index (χ4n) is 2.51. The second-order valence-corrected chi connectivity index (χ2v) is 4.87. The summed E-state index contributed by atoms with van der Waals surface area (Å²) >= 11 is 0. The van der Waals surface area contributed by atoms with E-state index < -0.39 is 11.9 Å². The van der Waals surface area contributed by atoms with Crippen LogP contribution in [0.2, 0.25) is 0 Å². The molecule has 1 aromatic rings. The first kappa shape index (κ1) is 12.7. The molecule has 2 N–H and O–H groups in total. The van der Waals surface area contributed by atoms with Gasteiger partial charge in [0.15, 0.2) is 0 Å². The second-order valence-electron chi connectivity index (χ2n) is 4.87. The Kier molecular flexibility index (Phi) is 3.41. The Morgan fingerprint density at radius 2 is 2.11 bits per heavy atom. The SMILES string of the molecule is Cc1ccc(C(=O)NC2CCCC2C(=O)O)n1C. The van der Waals surface area contributed by atoms with Crippen molar-refractivity contribution in [1.29, 1.82) is 0 Å². The van der Waals surface area contributed by atoms with Crippen LogP contribution in [0.5, 0.6) is 0 Å². The number of carbonyl (C=O) groups is 2. The van der Waals surface area contributed by atoms with Gasteiger partial charge in [0, 0.05) is 18.8 Å². The summed E-state index contributed by atoms with van der Waals surface area (Å²) in [6.45, 7) is 1.92. The highest BCUT2D eigenvalue weighted by molar-refractivity contribution is 5.93. The average molecular weight is 250 g/mol. The molecule has 1 saturated carbocycles. The summed E-state index contributed by atoms with van der Waals surface area (Å²) in [5, 5.41) is 11.9. The maximum Gasteiger partial charge on any atom is 0.308 e. The van der Waals surface area contributed by atoms with Crippen molar-refractivity contribution in [3.63, 3.8) is 0 Å². The number of amides is 1. The van der Waals surface area contributed by atoms with Crippen LogP contribution in [0.3, 0.4) is 0 Å². The van der Waals surface area contributed by atoms with Crippen molar-refractivity contribution in [2.75, 3.05) is 0 Å². The van der Waals surface area contributed by atoms with Gasteiger partial charge in [-0.05, 0) is 31.9 Å². The van der Waals surface area contributed by atoms with E-state index in [1.165, 1.54) is 0 Å². The molecule has 0 radical (unpaired) electrons. The first-order valence-corrected chi connectivity index (χ1v) is 6.16. The monoisotopic (exact) mass is 250 g/mol. The molecule has 18 heavy (non-hydrogen) atoms. The Morgan fingerprint density at radius 3 is 2.67 bits per heavy atom. The van der Waals surface area contributed by atoms with Crippen LogP contribution in [0.15, 0.2) is 12.1 Å². The first-order chi connectivity index (χ1) is 8.50. The molecular formula is C13H18N2O3. The molecule has 1 aliphatic carbocycles.